The fourth-order valence-corrected chi connectivity index (χ4v) is 3.57. The molecule has 1 aromatic heterocycles. The molecule has 0 radical (unpaired) electrons. The van der Waals surface area contributed by atoms with Crippen LogP contribution in [0.25, 0.3) is 0 Å². The molecule has 0 N–H and O–H groups in total. The molecule has 0 aliphatic rings. The third-order valence-corrected chi connectivity index (χ3v) is 5.04. The molecule has 2 rings (SSSR count). The molecule has 1 heterocycles. The van der Waals surface area contributed by atoms with E-state index in [0.717, 1.165) is 4.68 Å². The molecule has 0 unspecified atom stereocenters. The Morgan fingerprint density at radius 3 is 2.41 bits per heavy atom. The number of halogens is 2. The lowest BCUT2D eigenvalue weighted by molar-refractivity contribution is 0.209. The van der Waals surface area contributed by atoms with Gasteiger partial charge in [0.1, 0.15) is 0 Å². The zero-order chi connectivity index (χ0) is 16.5. The Labute approximate surface area is 138 Å². The Morgan fingerprint density at radius 1 is 1.27 bits per heavy atom. The molecular weight excluding hydrogens is 349 g/mol. The molecule has 0 atom stereocenters. The molecule has 6 nitrogen and oxygen atoms in total. The van der Waals surface area contributed by atoms with Crippen LogP contribution in [-0.4, -0.2) is 42.7 Å². The molecule has 0 aliphatic carbocycles. The third kappa shape index (κ3) is 3.26. The van der Waals surface area contributed by atoms with E-state index < -0.39 is 15.9 Å². The van der Waals surface area contributed by atoms with Gasteiger partial charge in [-0.15, -0.1) is 0 Å². The van der Waals surface area contributed by atoms with E-state index in [9.17, 15) is 13.2 Å². The van der Waals surface area contributed by atoms with Crippen LogP contribution in [0, 0.1) is 0 Å². The number of hydrogen-bond acceptors (Lipinski definition) is 4. The van der Waals surface area contributed by atoms with E-state index in [2.05, 4.69) is 5.10 Å². The van der Waals surface area contributed by atoms with Crippen LogP contribution in [0.2, 0.25) is 10.0 Å². The summed E-state index contributed by atoms with van der Waals surface area (Å²) in [5.41, 5.74) is 0. The van der Waals surface area contributed by atoms with Gasteiger partial charge in [0.25, 0.3) is 0 Å². The molecule has 0 saturated heterocycles. The number of carbonyl (C=O) groups is 1. The zero-order valence-corrected chi connectivity index (χ0v) is 14.2. The van der Waals surface area contributed by atoms with E-state index in [1.165, 1.54) is 35.4 Å². The molecule has 0 aliphatic heterocycles. The number of aromatic nitrogens is 2. The van der Waals surface area contributed by atoms with E-state index in [1.807, 2.05) is 0 Å². The van der Waals surface area contributed by atoms with Gasteiger partial charge in [-0.25, -0.2) is 13.2 Å². The monoisotopic (exact) mass is 361 g/mol. The number of amides is 1. The molecule has 0 bridgehead atoms. The molecule has 1 aromatic carbocycles. The van der Waals surface area contributed by atoms with Crippen LogP contribution in [0.4, 0.5) is 4.79 Å². The fourth-order valence-electron chi connectivity index (χ4n) is 1.67. The van der Waals surface area contributed by atoms with Gasteiger partial charge in [-0.2, -0.15) is 9.78 Å². The lowest BCUT2D eigenvalue weighted by atomic mass is 10.4. The Bertz CT molecular complexity index is 797. The van der Waals surface area contributed by atoms with Gasteiger partial charge in [0.05, 0.1) is 4.90 Å². The van der Waals surface area contributed by atoms with Crippen molar-refractivity contribution >= 4 is 39.1 Å². The van der Waals surface area contributed by atoms with Crippen molar-refractivity contribution in [1.82, 2.24) is 14.7 Å². The summed E-state index contributed by atoms with van der Waals surface area (Å²) in [6.07, 6.45) is 1.30. The van der Waals surface area contributed by atoms with Gasteiger partial charge in [0, 0.05) is 29.8 Å². The topological polar surface area (TPSA) is 72.3 Å². The highest BCUT2D eigenvalue weighted by atomic mass is 35.5. The van der Waals surface area contributed by atoms with E-state index >= 15 is 0 Å². The highest BCUT2D eigenvalue weighted by Crippen LogP contribution is 2.26. The normalized spacial score (nSPS) is 11.5. The van der Waals surface area contributed by atoms with Gasteiger partial charge in [-0.3, -0.25) is 0 Å². The standard InChI is InChI=1S/C13H13Cl2N3O3S/c1-3-17(2)13(19)18-5-4-12(16-18)22(20,21)11-7-9(14)6-10(15)8-11/h4-8H,3H2,1-2H3. The summed E-state index contributed by atoms with van der Waals surface area (Å²) in [5.74, 6) is 0. The lowest BCUT2D eigenvalue weighted by Crippen LogP contribution is -2.31. The van der Waals surface area contributed by atoms with Crippen molar-refractivity contribution in [2.75, 3.05) is 13.6 Å². The fraction of sp³-hybridized carbons (Fsp3) is 0.231. The second-order valence-electron chi connectivity index (χ2n) is 4.50. The Balaban J connectivity index is 2.43. The second kappa shape index (κ2) is 6.28. The molecule has 0 spiro atoms. The van der Waals surface area contributed by atoms with Gasteiger partial charge >= 0.3 is 6.03 Å². The average molecular weight is 362 g/mol. The first-order valence-electron chi connectivity index (χ1n) is 6.28. The minimum Gasteiger partial charge on any atom is -0.326 e. The first-order valence-corrected chi connectivity index (χ1v) is 8.52. The van der Waals surface area contributed by atoms with Crippen molar-refractivity contribution < 1.29 is 13.2 Å². The van der Waals surface area contributed by atoms with Crippen LogP contribution < -0.4 is 0 Å². The van der Waals surface area contributed by atoms with Crippen molar-refractivity contribution in [3.05, 3.63) is 40.5 Å². The average Bonchev–Trinajstić information content (AvgIpc) is 2.95. The Hall–Kier alpha value is -1.57. The van der Waals surface area contributed by atoms with Crippen molar-refractivity contribution in [3.63, 3.8) is 0 Å². The minimum atomic E-state index is -3.90. The summed E-state index contributed by atoms with van der Waals surface area (Å²) in [7, 11) is -2.31. The van der Waals surface area contributed by atoms with Crippen molar-refractivity contribution in [3.8, 4) is 0 Å². The second-order valence-corrected chi connectivity index (χ2v) is 7.27. The summed E-state index contributed by atoms with van der Waals surface area (Å²) in [6, 6.07) is 4.82. The number of carbonyl (C=O) groups excluding carboxylic acids is 1. The number of nitrogens with zero attached hydrogens (tertiary/aromatic N) is 3. The lowest BCUT2D eigenvalue weighted by Gasteiger charge is -2.13. The summed E-state index contributed by atoms with van der Waals surface area (Å²) in [5, 5.41) is 3.99. The first kappa shape index (κ1) is 16.8. The summed E-state index contributed by atoms with van der Waals surface area (Å²) in [4.78, 5) is 13.3. The van der Waals surface area contributed by atoms with E-state index in [0.29, 0.717) is 6.54 Å². The molecule has 0 saturated carbocycles. The molecule has 118 valence electrons. The smallest absolute Gasteiger partial charge is 0.326 e. The molecule has 22 heavy (non-hydrogen) atoms. The Morgan fingerprint density at radius 2 is 1.86 bits per heavy atom. The molecule has 0 fully saturated rings. The Kier molecular flexibility index (Phi) is 4.79. The largest absolute Gasteiger partial charge is 0.344 e. The van der Waals surface area contributed by atoms with Crippen LogP contribution in [0.5, 0.6) is 0 Å². The maximum absolute atomic E-state index is 12.5. The summed E-state index contributed by atoms with van der Waals surface area (Å²) >= 11 is 11.6. The SMILES string of the molecule is CCN(C)C(=O)n1ccc(S(=O)(=O)c2cc(Cl)cc(Cl)c2)n1. The highest BCUT2D eigenvalue weighted by Gasteiger charge is 2.23. The van der Waals surface area contributed by atoms with Gasteiger partial charge in [0.15, 0.2) is 5.03 Å². The van der Waals surface area contributed by atoms with Crippen LogP contribution >= 0.6 is 23.2 Å². The number of hydrogen-bond donors (Lipinski definition) is 0. The quantitative estimate of drug-likeness (QED) is 0.842. The van der Waals surface area contributed by atoms with Crippen LogP contribution in [-0.2, 0) is 9.84 Å². The maximum Gasteiger partial charge on any atom is 0.344 e. The van der Waals surface area contributed by atoms with E-state index in [-0.39, 0.29) is 20.0 Å². The first-order chi connectivity index (χ1) is 10.3. The molecular formula is C13H13Cl2N3O3S. The van der Waals surface area contributed by atoms with Crippen LogP contribution in [0.1, 0.15) is 6.92 Å². The van der Waals surface area contributed by atoms with Crippen LogP contribution in [0.15, 0.2) is 40.4 Å². The third-order valence-electron chi connectivity index (χ3n) is 2.98. The summed E-state index contributed by atoms with van der Waals surface area (Å²) in [6.45, 7) is 2.28. The van der Waals surface area contributed by atoms with Crippen LogP contribution in [0.3, 0.4) is 0 Å². The maximum atomic E-state index is 12.5. The van der Waals surface area contributed by atoms with E-state index in [4.69, 9.17) is 23.2 Å². The molecule has 9 heteroatoms. The zero-order valence-electron chi connectivity index (χ0n) is 11.8. The highest BCUT2D eigenvalue weighted by molar-refractivity contribution is 7.91. The van der Waals surface area contributed by atoms with Gasteiger partial charge < -0.3 is 4.90 Å². The van der Waals surface area contributed by atoms with Gasteiger partial charge in [-0.05, 0) is 31.2 Å². The van der Waals surface area contributed by atoms with Gasteiger partial charge in [0.2, 0.25) is 9.84 Å². The summed E-state index contributed by atoms with van der Waals surface area (Å²) < 4.78 is 26.0. The minimum absolute atomic E-state index is 0.0773. The van der Waals surface area contributed by atoms with Gasteiger partial charge in [-0.1, -0.05) is 23.2 Å². The number of sulfone groups is 1. The number of rotatable bonds is 3. The van der Waals surface area contributed by atoms with E-state index in [1.54, 1.807) is 14.0 Å². The van der Waals surface area contributed by atoms with Crippen molar-refractivity contribution in [1.29, 1.82) is 0 Å². The predicted octanol–water partition coefficient (Wildman–Crippen LogP) is 2.94. The van der Waals surface area contributed by atoms with Crippen molar-refractivity contribution in [2.45, 2.75) is 16.8 Å². The molecule has 2 aromatic rings. The van der Waals surface area contributed by atoms with Crippen molar-refractivity contribution in [2.24, 2.45) is 0 Å². The predicted molar refractivity (Wildman–Crippen MR) is 83.2 cm³/mol. The molecule has 1 amide bonds. The number of benzene rings is 1.